The van der Waals surface area contributed by atoms with E-state index in [0.717, 1.165) is 32.3 Å². The Hall–Kier alpha value is -1.44. The van der Waals surface area contributed by atoms with Crippen LogP contribution in [0.5, 0.6) is 0 Å². The fourth-order valence-electron chi connectivity index (χ4n) is 3.27. The molecule has 1 aromatic carbocycles. The summed E-state index contributed by atoms with van der Waals surface area (Å²) in [5.74, 6) is 0.368. The van der Waals surface area contributed by atoms with Gasteiger partial charge in [0.2, 0.25) is 10.0 Å². The third-order valence-corrected chi connectivity index (χ3v) is 6.92. The Morgan fingerprint density at radius 2 is 1.88 bits per heavy atom. The normalized spacial score (nSPS) is 22.8. The molecule has 1 atom stereocenters. The van der Waals surface area contributed by atoms with Crippen LogP contribution in [0, 0.1) is 5.92 Å². The van der Waals surface area contributed by atoms with Crippen LogP contribution in [0.3, 0.4) is 0 Å². The number of hydrogen-bond donors (Lipinski definition) is 1. The number of hydrogen-bond acceptors (Lipinski definition) is 4. The van der Waals surface area contributed by atoms with Crippen LogP contribution in [0.4, 0.5) is 0 Å². The monoisotopic (exact) mass is 366 g/mol. The van der Waals surface area contributed by atoms with E-state index in [-0.39, 0.29) is 16.9 Å². The van der Waals surface area contributed by atoms with Gasteiger partial charge in [0.15, 0.2) is 0 Å². The lowest BCUT2D eigenvalue weighted by Gasteiger charge is -2.29. The average molecular weight is 366 g/mol. The van der Waals surface area contributed by atoms with E-state index in [1.54, 1.807) is 16.4 Å². The van der Waals surface area contributed by atoms with Crippen molar-refractivity contribution in [3.05, 3.63) is 29.8 Å². The number of rotatable bonds is 5. The highest BCUT2D eigenvalue weighted by Crippen LogP contribution is 2.23. The van der Waals surface area contributed by atoms with Crippen molar-refractivity contribution >= 4 is 15.9 Å². The maximum absolute atomic E-state index is 12.7. The quantitative estimate of drug-likeness (QED) is 0.865. The lowest BCUT2D eigenvalue weighted by molar-refractivity contribution is 0.0857. The molecule has 1 aromatic rings. The standard InChI is InChI=1S/C18H26N2O4S/c1-14-8-10-20(11-9-14)25(22,23)17-6-4-15(5-7-17)18(21)19-13-16-3-2-12-24-16/h4-7,14,16H,2-3,8-13H2,1H3,(H,19,21). The van der Waals surface area contributed by atoms with Gasteiger partial charge in [-0.05, 0) is 55.9 Å². The van der Waals surface area contributed by atoms with Crippen molar-refractivity contribution in [3.63, 3.8) is 0 Å². The van der Waals surface area contributed by atoms with Gasteiger partial charge in [-0.3, -0.25) is 4.79 Å². The number of ether oxygens (including phenoxy) is 1. The summed E-state index contributed by atoms with van der Waals surface area (Å²) in [6.07, 6.45) is 3.87. The minimum Gasteiger partial charge on any atom is -0.376 e. The number of carbonyl (C=O) groups excluding carboxylic acids is 1. The second-order valence-electron chi connectivity index (χ2n) is 6.96. The van der Waals surface area contributed by atoms with Gasteiger partial charge < -0.3 is 10.1 Å². The van der Waals surface area contributed by atoms with Gasteiger partial charge in [0.05, 0.1) is 11.0 Å². The van der Waals surface area contributed by atoms with Gasteiger partial charge in [-0.1, -0.05) is 6.92 Å². The first-order chi connectivity index (χ1) is 12.0. The SMILES string of the molecule is CC1CCN(S(=O)(=O)c2ccc(C(=O)NCC3CCCO3)cc2)CC1. The maximum Gasteiger partial charge on any atom is 0.251 e. The van der Waals surface area contributed by atoms with Crippen molar-refractivity contribution in [2.45, 2.75) is 43.6 Å². The van der Waals surface area contributed by atoms with Crippen LogP contribution in [-0.2, 0) is 14.8 Å². The lowest BCUT2D eigenvalue weighted by atomic mass is 10.0. The molecule has 2 heterocycles. The van der Waals surface area contributed by atoms with Crippen LogP contribution in [0.2, 0.25) is 0 Å². The van der Waals surface area contributed by atoms with Crippen molar-refractivity contribution in [2.75, 3.05) is 26.2 Å². The molecule has 1 unspecified atom stereocenters. The Kier molecular flexibility index (Phi) is 5.76. The molecule has 2 fully saturated rings. The van der Waals surface area contributed by atoms with Crippen LogP contribution in [-0.4, -0.2) is 51.0 Å². The number of sulfonamides is 1. The molecule has 7 heteroatoms. The van der Waals surface area contributed by atoms with E-state index in [0.29, 0.717) is 31.1 Å². The van der Waals surface area contributed by atoms with E-state index in [1.165, 1.54) is 12.1 Å². The van der Waals surface area contributed by atoms with Crippen molar-refractivity contribution < 1.29 is 17.9 Å². The third kappa shape index (κ3) is 4.40. The fourth-order valence-corrected chi connectivity index (χ4v) is 4.74. The van der Waals surface area contributed by atoms with E-state index < -0.39 is 10.0 Å². The van der Waals surface area contributed by atoms with E-state index >= 15 is 0 Å². The molecule has 1 amide bonds. The zero-order valence-electron chi connectivity index (χ0n) is 14.6. The van der Waals surface area contributed by atoms with E-state index in [1.807, 2.05) is 0 Å². The Balaban J connectivity index is 1.61. The molecule has 25 heavy (non-hydrogen) atoms. The Morgan fingerprint density at radius 3 is 2.48 bits per heavy atom. The molecule has 0 saturated carbocycles. The predicted octanol–water partition coefficient (Wildman–Crippen LogP) is 2.02. The molecule has 138 valence electrons. The lowest BCUT2D eigenvalue weighted by Crippen LogP contribution is -2.37. The molecule has 2 aliphatic heterocycles. The van der Waals surface area contributed by atoms with Gasteiger partial charge in [-0.25, -0.2) is 8.42 Å². The van der Waals surface area contributed by atoms with Crippen molar-refractivity contribution in [1.82, 2.24) is 9.62 Å². The van der Waals surface area contributed by atoms with Crippen LogP contribution in [0.25, 0.3) is 0 Å². The molecule has 3 rings (SSSR count). The molecule has 6 nitrogen and oxygen atoms in total. The minimum absolute atomic E-state index is 0.0881. The number of benzene rings is 1. The molecule has 0 aromatic heterocycles. The average Bonchev–Trinajstić information content (AvgIpc) is 3.14. The first kappa shape index (κ1) is 18.4. The molecular weight excluding hydrogens is 340 g/mol. The summed E-state index contributed by atoms with van der Waals surface area (Å²) >= 11 is 0. The second-order valence-corrected chi connectivity index (χ2v) is 8.89. The number of carbonyl (C=O) groups is 1. The summed E-state index contributed by atoms with van der Waals surface area (Å²) in [4.78, 5) is 12.4. The van der Waals surface area contributed by atoms with Crippen molar-refractivity contribution in [3.8, 4) is 0 Å². The van der Waals surface area contributed by atoms with Crippen LogP contribution in [0.1, 0.15) is 43.0 Å². The van der Waals surface area contributed by atoms with Crippen molar-refractivity contribution in [2.24, 2.45) is 5.92 Å². The number of nitrogens with one attached hydrogen (secondary N) is 1. The van der Waals surface area contributed by atoms with Crippen LogP contribution < -0.4 is 5.32 Å². The van der Waals surface area contributed by atoms with Gasteiger partial charge in [0.1, 0.15) is 0 Å². The highest BCUT2D eigenvalue weighted by molar-refractivity contribution is 7.89. The van der Waals surface area contributed by atoms with Gasteiger partial charge in [-0.15, -0.1) is 0 Å². The Labute approximate surface area is 149 Å². The van der Waals surface area contributed by atoms with Gasteiger partial charge in [-0.2, -0.15) is 4.31 Å². The molecule has 2 saturated heterocycles. The van der Waals surface area contributed by atoms with E-state index in [9.17, 15) is 13.2 Å². The number of amides is 1. The van der Waals surface area contributed by atoms with Crippen molar-refractivity contribution in [1.29, 1.82) is 0 Å². The van der Waals surface area contributed by atoms with Gasteiger partial charge in [0, 0.05) is 31.8 Å². The first-order valence-electron chi connectivity index (χ1n) is 8.97. The first-order valence-corrected chi connectivity index (χ1v) is 10.4. The van der Waals surface area contributed by atoms with Crippen LogP contribution in [0.15, 0.2) is 29.2 Å². The molecule has 1 N–H and O–H groups in total. The highest BCUT2D eigenvalue weighted by Gasteiger charge is 2.28. The molecule has 2 aliphatic rings. The minimum atomic E-state index is -3.47. The zero-order valence-corrected chi connectivity index (χ0v) is 15.4. The highest BCUT2D eigenvalue weighted by atomic mass is 32.2. The molecule has 0 spiro atoms. The smallest absolute Gasteiger partial charge is 0.251 e. The predicted molar refractivity (Wildman–Crippen MR) is 94.9 cm³/mol. The summed E-state index contributed by atoms with van der Waals surface area (Å²) in [5.41, 5.74) is 0.462. The summed E-state index contributed by atoms with van der Waals surface area (Å²) in [7, 11) is -3.47. The number of piperidine rings is 1. The maximum atomic E-state index is 12.7. The summed E-state index contributed by atoms with van der Waals surface area (Å²) in [6.45, 7) is 4.52. The van der Waals surface area contributed by atoms with Gasteiger partial charge >= 0.3 is 0 Å². The molecule has 0 radical (unpaired) electrons. The number of nitrogens with zero attached hydrogens (tertiary/aromatic N) is 1. The van der Waals surface area contributed by atoms with Gasteiger partial charge in [0.25, 0.3) is 5.91 Å². The summed E-state index contributed by atoms with van der Waals surface area (Å²) in [5, 5.41) is 2.84. The largest absolute Gasteiger partial charge is 0.376 e. The Morgan fingerprint density at radius 1 is 1.20 bits per heavy atom. The topological polar surface area (TPSA) is 75.7 Å². The molecular formula is C18H26N2O4S. The third-order valence-electron chi connectivity index (χ3n) is 5.01. The fraction of sp³-hybridized carbons (Fsp3) is 0.611. The summed E-state index contributed by atoms with van der Waals surface area (Å²) < 4.78 is 32.4. The van der Waals surface area contributed by atoms with Crippen LogP contribution >= 0.6 is 0 Å². The van der Waals surface area contributed by atoms with E-state index in [4.69, 9.17) is 4.74 Å². The second kappa shape index (κ2) is 7.85. The van der Waals surface area contributed by atoms with E-state index in [2.05, 4.69) is 12.2 Å². The zero-order chi connectivity index (χ0) is 17.9. The molecule has 0 aliphatic carbocycles. The molecule has 0 bridgehead atoms. The Bertz CT molecular complexity index is 688. The summed E-state index contributed by atoms with van der Waals surface area (Å²) in [6, 6.07) is 6.19.